The number of aromatic nitrogens is 2. The number of rotatable bonds is 2. The second-order valence-electron chi connectivity index (χ2n) is 5.07. The Balaban J connectivity index is 1.59. The van der Waals surface area contributed by atoms with E-state index in [9.17, 15) is 9.59 Å². The number of amides is 2. The van der Waals surface area contributed by atoms with Gasteiger partial charge in [-0.05, 0) is 24.0 Å². The molecule has 0 fully saturated rings. The minimum absolute atomic E-state index is 0.0899. The normalized spacial score (nSPS) is 13.2. The summed E-state index contributed by atoms with van der Waals surface area (Å²) in [5, 5.41) is 20.0. The van der Waals surface area contributed by atoms with E-state index < -0.39 is 11.8 Å². The maximum atomic E-state index is 11.9. The van der Waals surface area contributed by atoms with E-state index in [1.165, 1.54) is 17.3 Å². The van der Waals surface area contributed by atoms with E-state index in [-0.39, 0.29) is 17.4 Å². The van der Waals surface area contributed by atoms with Crippen LogP contribution in [0.1, 0.15) is 16.7 Å². The molecule has 1 aliphatic rings. The van der Waals surface area contributed by atoms with Crippen molar-refractivity contribution < 1.29 is 9.59 Å². The van der Waals surface area contributed by atoms with Gasteiger partial charge in [0.2, 0.25) is 0 Å². The average molecular weight is 295 g/mol. The number of hydrogen-bond donors (Lipinski definition) is 3. The van der Waals surface area contributed by atoms with Crippen LogP contribution in [0.25, 0.3) is 0 Å². The summed E-state index contributed by atoms with van der Waals surface area (Å²) in [4.78, 5) is 23.8. The third-order valence-electron chi connectivity index (χ3n) is 3.59. The first-order valence-corrected chi connectivity index (χ1v) is 6.79. The van der Waals surface area contributed by atoms with Crippen molar-refractivity contribution in [2.75, 3.05) is 5.32 Å². The predicted octanol–water partition coefficient (Wildman–Crippen LogP) is 0.503. The molecule has 3 N–H and O–H groups in total. The van der Waals surface area contributed by atoms with Crippen LogP contribution >= 0.6 is 0 Å². The number of fused-ring (bicyclic) bond motifs is 1. The highest BCUT2D eigenvalue weighted by molar-refractivity contribution is 6.39. The van der Waals surface area contributed by atoms with E-state index in [1.807, 2.05) is 30.3 Å². The number of nitrogens with zero attached hydrogens (tertiary/aromatic N) is 2. The molecule has 110 valence electrons. The van der Waals surface area contributed by atoms with E-state index in [4.69, 9.17) is 5.26 Å². The molecule has 0 saturated heterocycles. The standard InChI is InChI=1S/C15H13N5O2/c16-7-11-8-17-20-13(11)19-15(22)14(21)18-12-5-9-3-1-2-4-10(9)6-12/h1-4,8,12H,5-6H2,(H,18,21)(H2,17,19,20,22). The van der Waals surface area contributed by atoms with Gasteiger partial charge in [-0.15, -0.1) is 0 Å². The second kappa shape index (κ2) is 5.69. The Morgan fingerprint density at radius 3 is 2.55 bits per heavy atom. The van der Waals surface area contributed by atoms with E-state index in [0.29, 0.717) is 12.8 Å². The summed E-state index contributed by atoms with van der Waals surface area (Å²) in [5.74, 6) is -1.43. The Labute approximate surface area is 126 Å². The molecule has 2 amide bonds. The molecule has 7 heteroatoms. The van der Waals surface area contributed by atoms with E-state index in [0.717, 1.165) is 0 Å². The number of benzene rings is 1. The average Bonchev–Trinajstić information content (AvgIpc) is 3.12. The van der Waals surface area contributed by atoms with Gasteiger partial charge in [0.15, 0.2) is 0 Å². The van der Waals surface area contributed by atoms with Crippen molar-refractivity contribution in [3.63, 3.8) is 0 Å². The molecule has 0 bridgehead atoms. The summed E-state index contributed by atoms with van der Waals surface area (Å²) < 4.78 is 0. The number of carbonyl (C=O) groups is 2. The zero-order valence-corrected chi connectivity index (χ0v) is 11.6. The van der Waals surface area contributed by atoms with Gasteiger partial charge in [0.05, 0.1) is 6.20 Å². The fraction of sp³-hybridized carbons (Fsp3) is 0.200. The van der Waals surface area contributed by atoms with Gasteiger partial charge in [0.1, 0.15) is 17.5 Å². The SMILES string of the molecule is N#Cc1cn[nH]c1NC(=O)C(=O)NC1Cc2ccccc2C1. The number of anilines is 1. The third-order valence-corrected chi connectivity index (χ3v) is 3.59. The highest BCUT2D eigenvalue weighted by atomic mass is 16.2. The summed E-state index contributed by atoms with van der Waals surface area (Å²) in [6.45, 7) is 0. The molecule has 0 unspecified atom stereocenters. The topological polar surface area (TPSA) is 111 Å². The lowest BCUT2D eigenvalue weighted by atomic mass is 10.1. The van der Waals surface area contributed by atoms with Gasteiger partial charge in [-0.1, -0.05) is 24.3 Å². The van der Waals surface area contributed by atoms with Crippen LogP contribution in [0.3, 0.4) is 0 Å². The lowest BCUT2D eigenvalue weighted by molar-refractivity contribution is -0.136. The summed E-state index contributed by atoms with van der Waals surface area (Å²) in [6, 6.07) is 9.72. The number of carbonyl (C=O) groups excluding carboxylic acids is 2. The summed E-state index contributed by atoms with van der Waals surface area (Å²) in [7, 11) is 0. The van der Waals surface area contributed by atoms with Gasteiger partial charge in [-0.2, -0.15) is 10.4 Å². The Morgan fingerprint density at radius 2 is 1.91 bits per heavy atom. The molecule has 0 aliphatic heterocycles. The first-order valence-electron chi connectivity index (χ1n) is 6.79. The minimum atomic E-state index is -0.822. The lowest BCUT2D eigenvalue weighted by Gasteiger charge is -2.11. The minimum Gasteiger partial charge on any atom is -0.344 e. The largest absolute Gasteiger partial charge is 0.344 e. The van der Waals surface area contributed by atoms with Gasteiger partial charge in [0.25, 0.3) is 0 Å². The maximum absolute atomic E-state index is 11.9. The summed E-state index contributed by atoms with van der Waals surface area (Å²) >= 11 is 0. The Bertz CT molecular complexity index is 749. The number of nitrogens with one attached hydrogen (secondary N) is 3. The van der Waals surface area contributed by atoms with Gasteiger partial charge < -0.3 is 10.6 Å². The zero-order valence-electron chi connectivity index (χ0n) is 11.6. The Hall–Kier alpha value is -3.14. The van der Waals surface area contributed by atoms with Crippen molar-refractivity contribution in [2.24, 2.45) is 0 Å². The van der Waals surface area contributed by atoms with Crippen molar-refractivity contribution in [1.29, 1.82) is 5.26 Å². The Kier molecular flexibility index (Phi) is 3.58. The van der Waals surface area contributed by atoms with Crippen LogP contribution in [-0.2, 0) is 22.4 Å². The summed E-state index contributed by atoms with van der Waals surface area (Å²) in [6.07, 6.45) is 2.70. The Morgan fingerprint density at radius 1 is 1.23 bits per heavy atom. The van der Waals surface area contributed by atoms with Crippen LogP contribution in [0.2, 0.25) is 0 Å². The van der Waals surface area contributed by atoms with Gasteiger partial charge >= 0.3 is 11.8 Å². The molecule has 2 aromatic rings. The van der Waals surface area contributed by atoms with Crippen LogP contribution < -0.4 is 10.6 Å². The highest BCUT2D eigenvalue weighted by Gasteiger charge is 2.25. The van der Waals surface area contributed by atoms with Crippen molar-refractivity contribution in [1.82, 2.24) is 15.5 Å². The maximum Gasteiger partial charge on any atom is 0.314 e. The monoisotopic (exact) mass is 295 g/mol. The molecular weight excluding hydrogens is 282 g/mol. The number of hydrogen-bond acceptors (Lipinski definition) is 4. The smallest absolute Gasteiger partial charge is 0.314 e. The van der Waals surface area contributed by atoms with Crippen LogP contribution in [0.5, 0.6) is 0 Å². The van der Waals surface area contributed by atoms with Crippen LogP contribution in [-0.4, -0.2) is 28.1 Å². The van der Waals surface area contributed by atoms with Crippen molar-refractivity contribution in [3.8, 4) is 6.07 Å². The molecule has 7 nitrogen and oxygen atoms in total. The zero-order chi connectivity index (χ0) is 15.5. The predicted molar refractivity (Wildman–Crippen MR) is 77.7 cm³/mol. The number of nitriles is 1. The quantitative estimate of drug-likeness (QED) is 0.701. The van der Waals surface area contributed by atoms with Crippen LogP contribution in [0, 0.1) is 11.3 Å². The molecule has 0 saturated carbocycles. The molecule has 1 aromatic carbocycles. The molecule has 0 radical (unpaired) electrons. The molecule has 1 aliphatic carbocycles. The molecule has 0 atom stereocenters. The lowest BCUT2D eigenvalue weighted by Crippen LogP contribution is -2.42. The molecule has 3 rings (SSSR count). The first kappa shape index (κ1) is 13.8. The fourth-order valence-electron chi connectivity index (χ4n) is 2.55. The summed E-state index contributed by atoms with van der Waals surface area (Å²) in [5.41, 5.74) is 2.55. The number of aromatic amines is 1. The van der Waals surface area contributed by atoms with E-state index in [2.05, 4.69) is 20.8 Å². The van der Waals surface area contributed by atoms with Crippen LogP contribution in [0.15, 0.2) is 30.5 Å². The molecule has 22 heavy (non-hydrogen) atoms. The van der Waals surface area contributed by atoms with Crippen molar-refractivity contribution in [2.45, 2.75) is 18.9 Å². The van der Waals surface area contributed by atoms with Gasteiger partial charge in [-0.25, -0.2) is 0 Å². The fourth-order valence-corrected chi connectivity index (χ4v) is 2.55. The second-order valence-corrected chi connectivity index (χ2v) is 5.07. The van der Waals surface area contributed by atoms with Crippen molar-refractivity contribution >= 4 is 17.6 Å². The van der Waals surface area contributed by atoms with E-state index >= 15 is 0 Å². The highest BCUT2D eigenvalue weighted by Crippen LogP contribution is 2.21. The van der Waals surface area contributed by atoms with Gasteiger partial charge in [0, 0.05) is 6.04 Å². The van der Waals surface area contributed by atoms with Crippen molar-refractivity contribution in [3.05, 3.63) is 47.2 Å². The molecule has 0 spiro atoms. The third kappa shape index (κ3) is 2.67. The molecular formula is C15H13N5O2. The number of H-pyrrole nitrogens is 1. The van der Waals surface area contributed by atoms with E-state index in [1.54, 1.807) is 0 Å². The first-order chi connectivity index (χ1) is 10.7. The van der Waals surface area contributed by atoms with Crippen LogP contribution in [0.4, 0.5) is 5.82 Å². The molecule has 1 aromatic heterocycles. The van der Waals surface area contributed by atoms with Gasteiger partial charge in [-0.3, -0.25) is 14.7 Å². The molecule has 1 heterocycles.